The van der Waals surface area contributed by atoms with Crippen LogP contribution in [0.15, 0.2) is 76.7 Å². The summed E-state index contributed by atoms with van der Waals surface area (Å²) >= 11 is 0. The quantitative estimate of drug-likeness (QED) is 0.241. The van der Waals surface area contributed by atoms with Crippen molar-refractivity contribution in [1.29, 1.82) is 0 Å². The molecule has 1 amide bonds. The van der Waals surface area contributed by atoms with E-state index < -0.39 is 15.9 Å². The molecule has 0 atom stereocenters. The largest absolute Gasteiger partial charge is 0.493 e. The van der Waals surface area contributed by atoms with Crippen LogP contribution in [0.2, 0.25) is 0 Å². The fourth-order valence-electron chi connectivity index (χ4n) is 3.79. The van der Waals surface area contributed by atoms with E-state index in [-0.39, 0.29) is 10.6 Å². The Labute approximate surface area is 225 Å². The van der Waals surface area contributed by atoms with Crippen molar-refractivity contribution in [3.63, 3.8) is 0 Å². The van der Waals surface area contributed by atoms with Gasteiger partial charge in [0.15, 0.2) is 17.2 Å². The highest BCUT2D eigenvalue weighted by Crippen LogP contribution is 2.37. The van der Waals surface area contributed by atoms with Crippen molar-refractivity contribution < 1.29 is 27.4 Å². The van der Waals surface area contributed by atoms with Gasteiger partial charge >= 0.3 is 0 Å². The van der Waals surface area contributed by atoms with Gasteiger partial charge in [0.25, 0.3) is 5.91 Å². The first-order valence-electron chi connectivity index (χ1n) is 11.6. The molecule has 0 aliphatic heterocycles. The Morgan fingerprint density at radius 1 is 0.949 bits per heavy atom. The van der Waals surface area contributed by atoms with Gasteiger partial charge in [-0.3, -0.25) is 4.79 Å². The maximum Gasteiger partial charge on any atom is 0.291 e. The van der Waals surface area contributed by atoms with E-state index >= 15 is 0 Å². The zero-order valence-electron chi connectivity index (χ0n) is 21.7. The summed E-state index contributed by atoms with van der Waals surface area (Å²) in [7, 11) is 0.660. The van der Waals surface area contributed by atoms with Gasteiger partial charge < -0.3 is 14.2 Å². The number of ether oxygens (including phenoxy) is 3. The van der Waals surface area contributed by atoms with E-state index in [0.29, 0.717) is 34.2 Å². The van der Waals surface area contributed by atoms with Crippen molar-refractivity contribution in [2.75, 3.05) is 21.3 Å². The smallest absolute Gasteiger partial charge is 0.291 e. The number of nitrogens with one attached hydrogen (secondary N) is 1. The van der Waals surface area contributed by atoms with Gasteiger partial charge in [0.2, 0.25) is 15.8 Å². The molecule has 0 aliphatic carbocycles. The number of sulfonamides is 1. The number of aromatic nitrogens is 2. The van der Waals surface area contributed by atoms with Crippen LogP contribution < -0.4 is 24.8 Å². The molecule has 4 rings (SSSR count). The van der Waals surface area contributed by atoms with Crippen molar-refractivity contribution in [1.82, 2.24) is 15.2 Å². The Hall–Kier alpha value is -4.68. The molecular weight excluding hydrogens is 522 g/mol. The molecule has 0 bridgehead atoms. The standard InChI is InChI=1S/C27H27N5O6S/c1-17-5-7-19(8-6-17)23-15-22(31-32(23)20-9-11-21(12-10-20)39(28,34)35)27(33)30-29-16-18-13-24(36-2)26(38-4)25(14-18)37-3/h5-16H,1-4H3,(H,30,33)(H2,28,34,35)/b29-16+. The van der Waals surface area contributed by atoms with Crippen LogP contribution in [0.4, 0.5) is 0 Å². The van der Waals surface area contributed by atoms with Crippen LogP contribution in [-0.4, -0.2) is 51.6 Å². The summed E-state index contributed by atoms with van der Waals surface area (Å²) in [5.41, 5.74) is 6.22. The monoisotopic (exact) mass is 549 g/mol. The van der Waals surface area contributed by atoms with Gasteiger partial charge in [-0.05, 0) is 49.4 Å². The summed E-state index contributed by atoms with van der Waals surface area (Å²) in [6, 6.07) is 18.6. The molecule has 3 aromatic carbocycles. The number of benzene rings is 3. The first kappa shape index (κ1) is 27.4. The highest BCUT2D eigenvalue weighted by molar-refractivity contribution is 7.89. The topological polar surface area (TPSA) is 147 Å². The fourth-order valence-corrected chi connectivity index (χ4v) is 4.31. The lowest BCUT2D eigenvalue weighted by atomic mass is 10.1. The van der Waals surface area contributed by atoms with Crippen LogP contribution in [-0.2, 0) is 10.0 Å². The maximum absolute atomic E-state index is 13.0. The number of aryl methyl sites for hydroxylation is 1. The Morgan fingerprint density at radius 2 is 1.56 bits per heavy atom. The highest BCUT2D eigenvalue weighted by Gasteiger charge is 2.18. The summed E-state index contributed by atoms with van der Waals surface area (Å²) in [6.45, 7) is 1.97. The average molecular weight is 550 g/mol. The maximum atomic E-state index is 13.0. The third-order valence-corrected chi connectivity index (χ3v) is 6.70. The number of rotatable bonds is 9. The normalized spacial score (nSPS) is 11.4. The van der Waals surface area contributed by atoms with E-state index in [2.05, 4.69) is 15.6 Å². The summed E-state index contributed by atoms with van der Waals surface area (Å²) in [6.07, 6.45) is 1.44. The number of methoxy groups -OCH3 is 3. The van der Waals surface area contributed by atoms with E-state index in [1.807, 2.05) is 31.2 Å². The van der Waals surface area contributed by atoms with Gasteiger partial charge in [0.05, 0.1) is 43.8 Å². The number of amides is 1. The number of carbonyl (C=O) groups excluding carboxylic acids is 1. The highest BCUT2D eigenvalue weighted by atomic mass is 32.2. The van der Waals surface area contributed by atoms with Crippen molar-refractivity contribution in [2.45, 2.75) is 11.8 Å². The van der Waals surface area contributed by atoms with Gasteiger partial charge in [-0.25, -0.2) is 23.7 Å². The number of hydrogen-bond acceptors (Lipinski definition) is 8. The Bertz CT molecular complexity index is 1600. The summed E-state index contributed by atoms with van der Waals surface area (Å²) in [4.78, 5) is 13.0. The van der Waals surface area contributed by atoms with Crippen LogP contribution in [0.3, 0.4) is 0 Å². The second-order valence-electron chi connectivity index (χ2n) is 8.39. The molecule has 0 saturated carbocycles. The molecular formula is C27H27N5O6S. The second-order valence-corrected chi connectivity index (χ2v) is 9.95. The molecule has 202 valence electrons. The van der Waals surface area contributed by atoms with Crippen molar-refractivity contribution in [3.8, 4) is 34.2 Å². The molecule has 0 unspecified atom stereocenters. The van der Waals surface area contributed by atoms with Gasteiger partial charge in [-0.15, -0.1) is 0 Å². The number of nitrogens with two attached hydrogens (primary N) is 1. The lowest BCUT2D eigenvalue weighted by molar-refractivity contribution is 0.0949. The van der Waals surface area contributed by atoms with Crippen molar-refractivity contribution in [3.05, 3.63) is 83.6 Å². The molecule has 11 nitrogen and oxygen atoms in total. The van der Waals surface area contributed by atoms with Crippen LogP contribution in [0, 0.1) is 6.92 Å². The SMILES string of the molecule is COc1cc(/C=N/NC(=O)c2cc(-c3ccc(C)cc3)n(-c3ccc(S(N)(=O)=O)cc3)n2)cc(OC)c1OC. The van der Waals surface area contributed by atoms with Crippen LogP contribution in [0.1, 0.15) is 21.6 Å². The van der Waals surface area contributed by atoms with E-state index in [1.165, 1.54) is 39.7 Å². The number of nitrogens with zero attached hydrogens (tertiary/aromatic N) is 3. The van der Waals surface area contributed by atoms with Crippen molar-refractivity contribution in [2.24, 2.45) is 10.2 Å². The molecule has 3 N–H and O–H groups in total. The molecule has 0 spiro atoms. The van der Waals surface area contributed by atoms with E-state index in [0.717, 1.165) is 11.1 Å². The fraction of sp³-hybridized carbons (Fsp3) is 0.148. The predicted molar refractivity (Wildman–Crippen MR) is 146 cm³/mol. The third-order valence-electron chi connectivity index (χ3n) is 5.77. The first-order chi connectivity index (χ1) is 18.6. The zero-order valence-corrected chi connectivity index (χ0v) is 22.5. The molecule has 0 fully saturated rings. The Balaban J connectivity index is 1.65. The Kier molecular flexibility index (Phi) is 7.98. The summed E-state index contributed by atoms with van der Waals surface area (Å²) in [5, 5.41) is 13.7. The summed E-state index contributed by atoms with van der Waals surface area (Å²) in [5.74, 6) is 0.776. The molecule has 0 saturated heterocycles. The number of hydrogen-bond donors (Lipinski definition) is 2. The van der Waals surface area contributed by atoms with Crippen LogP contribution >= 0.6 is 0 Å². The number of carbonyl (C=O) groups is 1. The minimum atomic E-state index is -3.86. The van der Waals surface area contributed by atoms with E-state index in [1.54, 1.807) is 35.0 Å². The molecule has 0 radical (unpaired) electrons. The average Bonchev–Trinajstić information content (AvgIpc) is 3.38. The minimum absolute atomic E-state index is 0.0330. The van der Waals surface area contributed by atoms with Crippen LogP contribution in [0.25, 0.3) is 16.9 Å². The lowest BCUT2D eigenvalue weighted by Gasteiger charge is -2.12. The summed E-state index contributed by atoms with van der Waals surface area (Å²) < 4.78 is 40.9. The molecule has 1 aromatic heterocycles. The second kappa shape index (κ2) is 11.4. The van der Waals surface area contributed by atoms with Gasteiger partial charge in [-0.2, -0.15) is 10.2 Å². The van der Waals surface area contributed by atoms with E-state index in [9.17, 15) is 13.2 Å². The molecule has 0 aliphatic rings. The first-order valence-corrected chi connectivity index (χ1v) is 13.1. The van der Waals surface area contributed by atoms with Crippen molar-refractivity contribution >= 4 is 22.1 Å². The zero-order chi connectivity index (χ0) is 28.2. The van der Waals surface area contributed by atoms with Crippen LogP contribution in [0.5, 0.6) is 17.2 Å². The van der Waals surface area contributed by atoms with Gasteiger partial charge in [0, 0.05) is 11.1 Å². The molecule has 12 heteroatoms. The number of primary sulfonamides is 1. The third kappa shape index (κ3) is 6.08. The number of hydrazone groups is 1. The van der Waals surface area contributed by atoms with Gasteiger partial charge in [0.1, 0.15) is 0 Å². The Morgan fingerprint density at radius 3 is 2.10 bits per heavy atom. The predicted octanol–water partition coefficient (Wildman–Crippen LogP) is 3.28. The molecule has 39 heavy (non-hydrogen) atoms. The lowest BCUT2D eigenvalue weighted by Crippen LogP contribution is -2.18. The molecule has 1 heterocycles. The van der Waals surface area contributed by atoms with E-state index in [4.69, 9.17) is 19.3 Å². The molecule has 4 aromatic rings. The minimum Gasteiger partial charge on any atom is -0.493 e. The van der Waals surface area contributed by atoms with Gasteiger partial charge in [-0.1, -0.05) is 29.8 Å².